The minimum absolute atomic E-state index is 0.497. The maximum Gasteiger partial charge on any atom is 0.0368 e. The molecule has 1 fully saturated rings. The first kappa shape index (κ1) is 16.4. The fourth-order valence-corrected chi connectivity index (χ4v) is 3.62. The Kier molecular flexibility index (Phi) is 6.56. The van der Waals surface area contributed by atoms with E-state index < -0.39 is 0 Å². The SMILES string of the molecule is CCCC1CCCCN1c1ccc(C(CC)NCC)cc1. The molecule has 1 heterocycles. The number of hydrogen-bond donors (Lipinski definition) is 1. The summed E-state index contributed by atoms with van der Waals surface area (Å²) in [5.41, 5.74) is 2.84. The maximum atomic E-state index is 3.56. The van der Waals surface area contributed by atoms with Crippen LogP contribution in [0.4, 0.5) is 5.69 Å². The van der Waals surface area contributed by atoms with Crippen LogP contribution in [0.2, 0.25) is 0 Å². The summed E-state index contributed by atoms with van der Waals surface area (Å²) in [6.07, 6.45) is 7.88. The van der Waals surface area contributed by atoms with Crippen LogP contribution in [0.5, 0.6) is 0 Å². The second-order valence-electron chi connectivity index (χ2n) is 6.24. The van der Waals surface area contributed by atoms with Crippen molar-refractivity contribution in [3.63, 3.8) is 0 Å². The first-order chi connectivity index (χ1) is 10.3. The fourth-order valence-electron chi connectivity index (χ4n) is 3.62. The summed E-state index contributed by atoms with van der Waals surface area (Å²) in [5, 5.41) is 3.56. The zero-order valence-electron chi connectivity index (χ0n) is 14.1. The van der Waals surface area contributed by atoms with E-state index in [0.29, 0.717) is 6.04 Å². The number of nitrogens with one attached hydrogen (secondary N) is 1. The third kappa shape index (κ3) is 4.23. The Morgan fingerprint density at radius 1 is 1.14 bits per heavy atom. The summed E-state index contributed by atoms with van der Waals surface area (Å²) in [7, 11) is 0. The lowest BCUT2D eigenvalue weighted by atomic mass is 9.96. The van der Waals surface area contributed by atoms with E-state index in [1.165, 1.54) is 49.9 Å². The van der Waals surface area contributed by atoms with Crippen molar-refractivity contribution in [2.45, 2.75) is 71.4 Å². The molecule has 1 aromatic rings. The van der Waals surface area contributed by atoms with Crippen LogP contribution in [0, 0.1) is 0 Å². The van der Waals surface area contributed by atoms with Gasteiger partial charge in [0.15, 0.2) is 0 Å². The van der Waals surface area contributed by atoms with Gasteiger partial charge in [0.25, 0.3) is 0 Å². The molecule has 1 saturated heterocycles. The van der Waals surface area contributed by atoms with Crippen LogP contribution in [-0.4, -0.2) is 19.1 Å². The quantitative estimate of drug-likeness (QED) is 0.767. The Balaban J connectivity index is 2.09. The van der Waals surface area contributed by atoms with Crippen molar-refractivity contribution in [1.82, 2.24) is 5.32 Å². The topological polar surface area (TPSA) is 15.3 Å². The Morgan fingerprint density at radius 3 is 2.52 bits per heavy atom. The molecule has 1 aliphatic rings. The largest absolute Gasteiger partial charge is 0.369 e. The Labute approximate surface area is 130 Å². The van der Waals surface area contributed by atoms with E-state index in [9.17, 15) is 0 Å². The highest BCUT2D eigenvalue weighted by atomic mass is 15.2. The maximum absolute atomic E-state index is 3.56. The molecule has 2 heteroatoms. The van der Waals surface area contributed by atoms with Crippen molar-refractivity contribution in [1.29, 1.82) is 0 Å². The lowest BCUT2D eigenvalue weighted by Crippen LogP contribution is -2.39. The number of rotatable bonds is 7. The van der Waals surface area contributed by atoms with Crippen molar-refractivity contribution in [3.05, 3.63) is 29.8 Å². The molecule has 118 valence electrons. The summed E-state index contributed by atoms with van der Waals surface area (Å²) in [4.78, 5) is 2.64. The summed E-state index contributed by atoms with van der Waals surface area (Å²) in [6, 6.07) is 10.6. The molecule has 0 amide bonds. The van der Waals surface area contributed by atoms with Crippen LogP contribution >= 0.6 is 0 Å². The molecule has 2 unspecified atom stereocenters. The average molecular weight is 288 g/mol. The van der Waals surface area contributed by atoms with Crippen LogP contribution in [0.1, 0.15) is 70.9 Å². The predicted octanol–water partition coefficient (Wildman–Crippen LogP) is 4.91. The van der Waals surface area contributed by atoms with Gasteiger partial charge in [-0.2, -0.15) is 0 Å². The summed E-state index contributed by atoms with van der Waals surface area (Å²) in [6.45, 7) is 9.00. The van der Waals surface area contributed by atoms with E-state index in [1.54, 1.807) is 0 Å². The number of benzene rings is 1. The summed E-state index contributed by atoms with van der Waals surface area (Å²) in [5.74, 6) is 0. The van der Waals surface area contributed by atoms with Gasteiger partial charge in [-0.25, -0.2) is 0 Å². The van der Waals surface area contributed by atoms with Gasteiger partial charge in [0.05, 0.1) is 0 Å². The molecule has 2 atom stereocenters. The van der Waals surface area contributed by atoms with E-state index in [2.05, 4.69) is 55.3 Å². The van der Waals surface area contributed by atoms with Gasteiger partial charge in [-0.05, 0) is 56.3 Å². The molecule has 0 aromatic heterocycles. The van der Waals surface area contributed by atoms with Crippen molar-refractivity contribution in [3.8, 4) is 0 Å². The smallest absolute Gasteiger partial charge is 0.0368 e. The molecule has 21 heavy (non-hydrogen) atoms. The van der Waals surface area contributed by atoms with Crippen LogP contribution < -0.4 is 10.2 Å². The number of hydrogen-bond acceptors (Lipinski definition) is 2. The van der Waals surface area contributed by atoms with E-state index in [0.717, 1.165) is 19.0 Å². The van der Waals surface area contributed by atoms with Crippen LogP contribution in [0.25, 0.3) is 0 Å². The molecule has 1 aliphatic heterocycles. The molecule has 0 saturated carbocycles. The molecular formula is C19H32N2. The summed E-state index contributed by atoms with van der Waals surface area (Å²) < 4.78 is 0. The van der Waals surface area contributed by atoms with Crippen molar-refractivity contribution < 1.29 is 0 Å². The average Bonchev–Trinajstić information content (AvgIpc) is 2.54. The van der Waals surface area contributed by atoms with E-state index in [-0.39, 0.29) is 0 Å². The van der Waals surface area contributed by atoms with Gasteiger partial charge in [-0.3, -0.25) is 0 Å². The zero-order chi connectivity index (χ0) is 15.1. The minimum atomic E-state index is 0.497. The van der Waals surface area contributed by atoms with Crippen molar-refractivity contribution in [2.75, 3.05) is 18.0 Å². The van der Waals surface area contributed by atoms with Gasteiger partial charge in [0.1, 0.15) is 0 Å². The standard InChI is InChI=1S/C19H32N2/c1-4-9-17-10-7-8-15-21(17)18-13-11-16(12-14-18)19(5-2)20-6-3/h11-14,17,19-20H,4-10,15H2,1-3H3. The monoisotopic (exact) mass is 288 g/mol. The molecule has 1 N–H and O–H groups in total. The third-order valence-corrected chi connectivity index (χ3v) is 4.73. The molecule has 2 rings (SSSR count). The Bertz CT molecular complexity index is 397. The highest BCUT2D eigenvalue weighted by Gasteiger charge is 2.21. The van der Waals surface area contributed by atoms with Gasteiger partial charge in [-0.1, -0.05) is 39.3 Å². The second kappa shape index (κ2) is 8.43. The molecule has 0 spiro atoms. The van der Waals surface area contributed by atoms with E-state index in [4.69, 9.17) is 0 Å². The first-order valence-electron chi connectivity index (χ1n) is 8.90. The number of piperidine rings is 1. The normalized spacial score (nSPS) is 20.5. The lowest BCUT2D eigenvalue weighted by Gasteiger charge is -2.38. The van der Waals surface area contributed by atoms with Crippen LogP contribution in [0.15, 0.2) is 24.3 Å². The van der Waals surface area contributed by atoms with Crippen LogP contribution in [0.3, 0.4) is 0 Å². The first-order valence-corrected chi connectivity index (χ1v) is 8.90. The Morgan fingerprint density at radius 2 is 1.90 bits per heavy atom. The molecule has 1 aromatic carbocycles. The van der Waals surface area contributed by atoms with Gasteiger partial charge < -0.3 is 10.2 Å². The highest BCUT2D eigenvalue weighted by molar-refractivity contribution is 5.49. The van der Waals surface area contributed by atoms with Gasteiger partial charge in [0, 0.05) is 24.3 Å². The second-order valence-corrected chi connectivity index (χ2v) is 6.24. The molecule has 0 aliphatic carbocycles. The molecular weight excluding hydrogens is 256 g/mol. The van der Waals surface area contributed by atoms with Crippen LogP contribution in [-0.2, 0) is 0 Å². The fraction of sp³-hybridized carbons (Fsp3) is 0.684. The van der Waals surface area contributed by atoms with Gasteiger partial charge in [0.2, 0.25) is 0 Å². The third-order valence-electron chi connectivity index (χ3n) is 4.73. The molecule has 2 nitrogen and oxygen atoms in total. The van der Waals surface area contributed by atoms with Gasteiger partial charge in [-0.15, -0.1) is 0 Å². The molecule has 0 bridgehead atoms. The van der Waals surface area contributed by atoms with Crippen molar-refractivity contribution >= 4 is 5.69 Å². The highest BCUT2D eigenvalue weighted by Crippen LogP contribution is 2.28. The van der Waals surface area contributed by atoms with E-state index >= 15 is 0 Å². The number of anilines is 1. The lowest BCUT2D eigenvalue weighted by molar-refractivity contribution is 0.434. The van der Waals surface area contributed by atoms with Gasteiger partial charge >= 0.3 is 0 Å². The zero-order valence-corrected chi connectivity index (χ0v) is 14.1. The number of nitrogens with zero attached hydrogens (tertiary/aromatic N) is 1. The van der Waals surface area contributed by atoms with Crippen molar-refractivity contribution in [2.24, 2.45) is 0 Å². The Hall–Kier alpha value is -1.02. The van der Waals surface area contributed by atoms with E-state index in [1.807, 2.05) is 0 Å². The predicted molar refractivity (Wildman–Crippen MR) is 93.0 cm³/mol. The minimum Gasteiger partial charge on any atom is -0.369 e. The summed E-state index contributed by atoms with van der Waals surface area (Å²) >= 11 is 0. The molecule has 0 radical (unpaired) electrons.